The van der Waals surface area contributed by atoms with Gasteiger partial charge in [-0.15, -0.1) is 0 Å². The predicted molar refractivity (Wildman–Crippen MR) is 78.6 cm³/mol. The van der Waals surface area contributed by atoms with Gasteiger partial charge in [-0.3, -0.25) is 4.79 Å². The van der Waals surface area contributed by atoms with Crippen LogP contribution in [-0.4, -0.2) is 59.5 Å². The molecule has 1 aliphatic heterocycles. The molecule has 1 unspecified atom stereocenters. The van der Waals surface area contributed by atoms with E-state index < -0.39 is 0 Å². The molecule has 0 saturated carbocycles. The molecule has 1 fully saturated rings. The second-order valence-corrected chi connectivity index (χ2v) is 5.08. The second-order valence-electron chi connectivity index (χ2n) is 5.08. The number of nitrogens with one attached hydrogen (secondary N) is 1. The highest BCUT2D eigenvalue weighted by Gasteiger charge is 2.23. The third-order valence-corrected chi connectivity index (χ3v) is 3.50. The number of carbonyl (C=O) groups is 1. The van der Waals surface area contributed by atoms with Crippen LogP contribution >= 0.6 is 0 Å². The Bertz CT molecular complexity index is 417. The number of amides is 1. The number of rotatable bonds is 5. The minimum atomic E-state index is 0.229. The van der Waals surface area contributed by atoms with Crippen molar-refractivity contribution in [3.63, 3.8) is 0 Å². The molecule has 0 aliphatic carbocycles. The molecule has 2 heterocycles. The van der Waals surface area contributed by atoms with Gasteiger partial charge in [-0.05, 0) is 19.5 Å². The van der Waals surface area contributed by atoms with Crippen molar-refractivity contribution in [2.75, 3.05) is 37.6 Å². The lowest BCUT2D eigenvalue weighted by molar-refractivity contribution is -0.131. The van der Waals surface area contributed by atoms with Crippen LogP contribution in [0.15, 0.2) is 18.5 Å². The van der Waals surface area contributed by atoms with Gasteiger partial charge in [0.15, 0.2) is 0 Å². The van der Waals surface area contributed by atoms with Gasteiger partial charge in [0.1, 0.15) is 0 Å². The van der Waals surface area contributed by atoms with E-state index >= 15 is 0 Å². The largest absolute Gasteiger partial charge is 0.339 e. The van der Waals surface area contributed by atoms with Gasteiger partial charge in [0, 0.05) is 51.0 Å². The van der Waals surface area contributed by atoms with Crippen LogP contribution in [0.4, 0.5) is 5.95 Å². The van der Waals surface area contributed by atoms with Crippen LogP contribution < -0.4 is 10.2 Å². The molecule has 2 rings (SSSR count). The lowest BCUT2D eigenvalue weighted by Crippen LogP contribution is -2.50. The number of hydrogen-bond donors (Lipinski definition) is 1. The molecule has 0 radical (unpaired) electrons. The van der Waals surface area contributed by atoms with Crippen LogP contribution in [-0.2, 0) is 4.79 Å². The lowest BCUT2D eigenvalue weighted by atomic mass is 10.2. The van der Waals surface area contributed by atoms with Crippen LogP contribution in [0.3, 0.4) is 0 Å². The summed E-state index contributed by atoms with van der Waals surface area (Å²) in [4.78, 5) is 24.7. The van der Waals surface area contributed by atoms with Crippen LogP contribution in [0.25, 0.3) is 0 Å². The van der Waals surface area contributed by atoms with E-state index in [4.69, 9.17) is 0 Å². The average molecular weight is 277 g/mol. The fourth-order valence-corrected chi connectivity index (χ4v) is 2.42. The summed E-state index contributed by atoms with van der Waals surface area (Å²) in [6, 6.07) is 2.05. The first-order valence-electron chi connectivity index (χ1n) is 7.24. The Hall–Kier alpha value is -1.69. The molecule has 1 aliphatic rings. The molecule has 1 aromatic heterocycles. The highest BCUT2D eigenvalue weighted by Crippen LogP contribution is 2.10. The van der Waals surface area contributed by atoms with E-state index in [9.17, 15) is 4.79 Å². The highest BCUT2D eigenvalue weighted by molar-refractivity contribution is 5.77. The van der Waals surface area contributed by atoms with E-state index in [1.54, 1.807) is 12.4 Å². The van der Waals surface area contributed by atoms with Crippen molar-refractivity contribution in [1.82, 2.24) is 20.2 Å². The Morgan fingerprint density at radius 1 is 1.30 bits per heavy atom. The first kappa shape index (κ1) is 14.7. The summed E-state index contributed by atoms with van der Waals surface area (Å²) >= 11 is 0. The van der Waals surface area contributed by atoms with Crippen molar-refractivity contribution in [2.45, 2.75) is 26.3 Å². The van der Waals surface area contributed by atoms with E-state index in [0.717, 1.165) is 38.7 Å². The Kier molecular flexibility index (Phi) is 5.29. The number of anilines is 1. The Morgan fingerprint density at radius 3 is 2.55 bits per heavy atom. The third kappa shape index (κ3) is 3.90. The molecule has 1 atom stereocenters. The predicted octanol–water partition coefficient (Wildman–Crippen LogP) is 0.513. The van der Waals surface area contributed by atoms with Gasteiger partial charge in [-0.25, -0.2) is 9.97 Å². The van der Waals surface area contributed by atoms with Gasteiger partial charge in [0.25, 0.3) is 0 Å². The maximum absolute atomic E-state index is 12.2. The number of hydrogen-bond acceptors (Lipinski definition) is 5. The summed E-state index contributed by atoms with van der Waals surface area (Å²) in [5, 5.41) is 3.27. The minimum Gasteiger partial charge on any atom is -0.339 e. The smallest absolute Gasteiger partial charge is 0.225 e. The monoisotopic (exact) mass is 277 g/mol. The molecule has 1 amide bonds. The first-order valence-corrected chi connectivity index (χ1v) is 7.24. The fourth-order valence-electron chi connectivity index (χ4n) is 2.42. The quantitative estimate of drug-likeness (QED) is 0.850. The summed E-state index contributed by atoms with van der Waals surface area (Å²) in [5.74, 6) is 0.979. The lowest BCUT2D eigenvalue weighted by Gasteiger charge is -2.35. The molecule has 1 saturated heterocycles. The van der Waals surface area contributed by atoms with Gasteiger partial charge in [-0.2, -0.15) is 0 Å². The third-order valence-electron chi connectivity index (χ3n) is 3.50. The molecule has 0 bridgehead atoms. The SMILES string of the molecule is CCNC(C)CC(=O)N1CCN(c2ncccn2)CC1. The summed E-state index contributed by atoms with van der Waals surface area (Å²) in [7, 11) is 0. The molecular weight excluding hydrogens is 254 g/mol. The Balaban J connectivity index is 1.80. The molecular formula is C14H23N5O. The van der Waals surface area contributed by atoms with Crippen molar-refractivity contribution in [3.8, 4) is 0 Å². The molecule has 1 N–H and O–H groups in total. The van der Waals surface area contributed by atoms with E-state index in [1.165, 1.54) is 0 Å². The van der Waals surface area contributed by atoms with E-state index in [-0.39, 0.29) is 11.9 Å². The molecule has 0 spiro atoms. The topological polar surface area (TPSA) is 61.4 Å². The zero-order valence-electron chi connectivity index (χ0n) is 12.2. The van der Waals surface area contributed by atoms with Crippen molar-refractivity contribution in [1.29, 1.82) is 0 Å². The van der Waals surface area contributed by atoms with Gasteiger partial charge in [0.2, 0.25) is 11.9 Å². The molecule has 0 aromatic carbocycles. The summed E-state index contributed by atoms with van der Waals surface area (Å²) in [6.07, 6.45) is 4.06. The van der Waals surface area contributed by atoms with Crippen molar-refractivity contribution in [3.05, 3.63) is 18.5 Å². The maximum Gasteiger partial charge on any atom is 0.225 e. The van der Waals surface area contributed by atoms with E-state index in [1.807, 2.05) is 11.0 Å². The van der Waals surface area contributed by atoms with Gasteiger partial charge >= 0.3 is 0 Å². The zero-order valence-corrected chi connectivity index (χ0v) is 12.2. The molecule has 110 valence electrons. The summed E-state index contributed by atoms with van der Waals surface area (Å²) in [6.45, 7) is 8.09. The fraction of sp³-hybridized carbons (Fsp3) is 0.643. The van der Waals surface area contributed by atoms with E-state index in [0.29, 0.717) is 6.42 Å². The summed E-state index contributed by atoms with van der Waals surface area (Å²) < 4.78 is 0. The van der Waals surface area contributed by atoms with E-state index in [2.05, 4.69) is 34.0 Å². The number of piperazine rings is 1. The molecule has 1 aromatic rings. The summed E-state index contributed by atoms with van der Waals surface area (Å²) in [5.41, 5.74) is 0. The van der Waals surface area contributed by atoms with Crippen LogP contribution in [0.2, 0.25) is 0 Å². The zero-order chi connectivity index (χ0) is 14.4. The number of aromatic nitrogens is 2. The van der Waals surface area contributed by atoms with Crippen molar-refractivity contribution < 1.29 is 4.79 Å². The molecule has 6 nitrogen and oxygen atoms in total. The number of nitrogens with zero attached hydrogens (tertiary/aromatic N) is 4. The molecule has 6 heteroatoms. The molecule has 20 heavy (non-hydrogen) atoms. The minimum absolute atomic E-state index is 0.229. The van der Waals surface area contributed by atoms with Crippen LogP contribution in [0.1, 0.15) is 20.3 Å². The maximum atomic E-state index is 12.2. The first-order chi connectivity index (χ1) is 9.70. The van der Waals surface area contributed by atoms with Crippen LogP contribution in [0, 0.1) is 0 Å². The van der Waals surface area contributed by atoms with Gasteiger partial charge < -0.3 is 15.1 Å². The highest BCUT2D eigenvalue weighted by atomic mass is 16.2. The normalized spacial score (nSPS) is 17.1. The van der Waals surface area contributed by atoms with Gasteiger partial charge in [0.05, 0.1) is 0 Å². The van der Waals surface area contributed by atoms with Crippen molar-refractivity contribution in [2.24, 2.45) is 0 Å². The second kappa shape index (κ2) is 7.19. The van der Waals surface area contributed by atoms with Gasteiger partial charge in [-0.1, -0.05) is 6.92 Å². The average Bonchev–Trinajstić information content (AvgIpc) is 2.48. The number of carbonyl (C=O) groups excluding carboxylic acids is 1. The Labute approximate surface area is 120 Å². The van der Waals surface area contributed by atoms with Crippen LogP contribution in [0.5, 0.6) is 0 Å². The Morgan fingerprint density at radius 2 is 1.95 bits per heavy atom. The standard InChI is InChI=1S/C14H23N5O/c1-3-15-12(2)11-13(20)18-7-9-19(10-8-18)14-16-5-4-6-17-14/h4-6,12,15H,3,7-11H2,1-2H3. The van der Waals surface area contributed by atoms with Crippen molar-refractivity contribution >= 4 is 11.9 Å².